The zero-order valence-corrected chi connectivity index (χ0v) is 18.8. The number of sulfone groups is 1. The number of anilines is 1. The molecule has 32 heavy (non-hydrogen) atoms. The van der Waals surface area contributed by atoms with E-state index >= 15 is 0 Å². The summed E-state index contributed by atoms with van der Waals surface area (Å²) in [5, 5.41) is 1.11. The van der Waals surface area contributed by atoms with Gasteiger partial charge >= 0.3 is 5.97 Å². The highest BCUT2D eigenvalue weighted by Gasteiger charge is 2.31. The smallest absolute Gasteiger partial charge is 0.338 e. The predicted molar refractivity (Wildman–Crippen MR) is 122 cm³/mol. The van der Waals surface area contributed by atoms with Crippen molar-refractivity contribution in [3.8, 4) is 5.75 Å². The third-order valence-corrected chi connectivity index (χ3v) is 6.36. The molecule has 0 radical (unpaired) electrons. The molecule has 170 valence electrons. The van der Waals surface area contributed by atoms with E-state index in [1.165, 1.54) is 11.0 Å². The van der Waals surface area contributed by atoms with Crippen molar-refractivity contribution in [2.24, 2.45) is 0 Å². The first-order chi connectivity index (χ1) is 15.4. The van der Waals surface area contributed by atoms with Crippen LogP contribution in [0.3, 0.4) is 0 Å². The second kappa shape index (κ2) is 10.9. The minimum absolute atomic E-state index is 0.207. The quantitative estimate of drug-likeness (QED) is 0.399. The normalized spacial score (nSPS) is 16.5. The van der Waals surface area contributed by atoms with Gasteiger partial charge < -0.3 is 14.4 Å². The maximum Gasteiger partial charge on any atom is 0.338 e. The number of carbonyl (C=O) groups is 2. The minimum Gasteiger partial charge on any atom is -0.494 e. The minimum atomic E-state index is -3.36. The maximum atomic E-state index is 12.9. The van der Waals surface area contributed by atoms with Gasteiger partial charge in [0, 0.05) is 11.1 Å². The lowest BCUT2D eigenvalue weighted by atomic mass is 10.2. The summed E-state index contributed by atoms with van der Waals surface area (Å²) in [6.45, 7) is 2.23. The highest BCUT2D eigenvalue weighted by Crippen LogP contribution is 2.23. The molecule has 0 fully saturated rings. The second-order valence-electron chi connectivity index (χ2n) is 7.48. The van der Waals surface area contributed by atoms with Crippen LogP contribution in [0.25, 0.3) is 0 Å². The molecule has 0 saturated heterocycles. The summed E-state index contributed by atoms with van der Waals surface area (Å²) in [5.41, 5.74) is 0.832. The highest BCUT2D eigenvalue weighted by molar-refractivity contribution is 7.94. The molecule has 0 saturated carbocycles. The lowest BCUT2D eigenvalue weighted by Gasteiger charge is -2.27. The Hall–Kier alpha value is -3.13. The molecule has 8 heteroatoms. The van der Waals surface area contributed by atoms with Crippen LogP contribution in [0, 0.1) is 0 Å². The fourth-order valence-electron chi connectivity index (χ4n) is 3.34. The summed E-state index contributed by atoms with van der Waals surface area (Å²) in [6.07, 6.45) is 4.65. The van der Waals surface area contributed by atoms with Crippen LogP contribution in [0.5, 0.6) is 5.75 Å². The molecule has 3 rings (SSSR count). The average molecular weight is 458 g/mol. The van der Waals surface area contributed by atoms with Crippen LogP contribution in [0.15, 0.2) is 66.1 Å². The van der Waals surface area contributed by atoms with E-state index in [0.717, 1.165) is 24.7 Å². The molecular weight excluding hydrogens is 430 g/mol. The number of unbranched alkanes of at least 4 members (excludes halogenated alkanes) is 2. The van der Waals surface area contributed by atoms with Crippen molar-refractivity contribution in [2.45, 2.75) is 32.2 Å². The molecule has 7 nitrogen and oxygen atoms in total. The van der Waals surface area contributed by atoms with Gasteiger partial charge in [-0.05, 0) is 48.9 Å². The van der Waals surface area contributed by atoms with Gasteiger partial charge in [0.15, 0.2) is 16.4 Å². The summed E-state index contributed by atoms with van der Waals surface area (Å²) in [4.78, 5) is 26.7. The Morgan fingerprint density at radius 1 is 1.03 bits per heavy atom. The first-order valence-electron chi connectivity index (χ1n) is 10.6. The zero-order valence-electron chi connectivity index (χ0n) is 18.0. The zero-order chi connectivity index (χ0) is 23.0. The van der Waals surface area contributed by atoms with Gasteiger partial charge in [-0.3, -0.25) is 4.79 Å². The SMILES string of the molecule is CCCCCOc1ccc(C(=O)OCC(=O)N(c2ccccc2)C2C=CS(=O)(=O)C2)cc1. The fraction of sp³-hybridized carbons (Fsp3) is 0.333. The van der Waals surface area contributed by atoms with Crippen LogP contribution in [0.4, 0.5) is 5.69 Å². The maximum absolute atomic E-state index is 12.9. The molecule has 0 aromatic heterocycles. The third-order valence-electron chi connectivity index (χ3n) is 4.98. The second-order valence-corrected chi connectivity index (χ2v) is 9.41. The van der Waals surface area contributed by atoms with Gasteiger partial charge in [0.1, 0.15) is 5.75 Å². The summed E-state index contributed by atoms with van der Waals surface area (Å²) in [7, 11) is -3.36. The first-order valence-corrected chi connectivity index (χ1v) is 12.3. The van der Waals surface area contributed by atoms with E-state index in [-0.39, 0.29) is 5.75 Å². The van der Waals surface area contributed by atoms with E-state index in [1.54, 1.807) is 54.6 Å². The van der Waals surface area contributed by atoms with E-state index in [1.807, 2.05) is 0 Å². The number of amides is 1. The number of ether oxygens (including phenoxy) is 2. The molecule has 0 aliphatic carbocycles. The molecule has 1 aliphatic heterocycles. The van der Waals surface area contributed by atoms with Crippen LogP contribution < -0.4 is 9.64 Å². The van der Waals surface area contributed by atoms with Crippen molar-refractivity contribution in [3.63, 3.8) is 0 Å². The van der Waals surface area contributed by atoms with Crippen LogP contribution in [-0.2, 0) is 19.4 Å². The van der Waals surface area contributed by atoms with Gasteiger partial charge in [-0.25, -0.2) is 13.2 Å². The Labute approximate surface area is 188 Å². The Balaban J connectivity index is 1.61. The largest absolute Gasteiger partial charge is 0.494 e. The molecule has 1 amide bonds. The van der Waals surface area contributed by atoms with Gasteiger partial charge in [-0.1, -0.05) is 38.0 Å². The number of benzene rings is 2. The number of hydrogen-bond donors (Lipinski definition) is 0. The first kappa shape index (κ1) is 23.5. The molecule has 2 aromatic carbocycles. The highest BCUT2D eigenvalue weighted by atomic mass is 32.2. The van der Waals surface area contributed by atoms with Crippen molar-refractivity contribution in [3.05, 3.63) is 71.6 Å². The molecule has 0 spiro atoms. The van der Waals surface area contributed by atoms with Crippen LogP contribution >= 0.6 is 0 Å². The third kappa shape index (κ3) is 6.43. The van der Waals surface area contributed by atoms with Crippen molar-refractivity contribution < 1.29 is 27.5 Å². The predicted octanol–water partition coefficient (Wildman–Crippen LogP) is 3.76. The van der Waals surface area contributed by atoms with Gasteiger partial charge in [-0.2, -0.15) is 0 Å². The van der Waals surface area contributed by atoms with E-state index in [9.17, 15) is 18.0 Å². The van der Waals surface area contributed by atoms with Gasteiger partial charge in [0.2, 0.25) is 0 Å². The average Bonchev–Trinajstić information content (AvgIpc) is 3.15. The van der Waals surface area contributed by atoms with Crippen molar-refractivity contribution in [2.75, 3.05) is 23.9 Å². The van der Waals surface area contributed by atoms with E-state index in [4.69, 9.17) is 9.47 Å². The van der Waals surface area contributed by atoms with Crippen molar-refractivity contribution in [1.82, 2.24) is 0 Å². The lowest BCUT2D eigenvalue weighted by Crippen LogP contribution is -2.43. The summed E-state index contributed by atoms with van der Waals surface area (Å²) >= 11 is 0. The molecule has 1 heterocycles. The Morgan fingerprint density at radius 2 is 1.75 bits per heavy atom. The topological polar surface area (TPSA) is 90.0 Å². The molecule has 2 aromatic rings. The van der Waals surface area contributed by atoms with Crippen molar-refractivity contribution >= 4 is 27.4 Å². The number of rotatable bonds is 10. The number of esters is 1. The van der Waals surface area contributed by atoms with Gasteiger partial charge in [0.25, 0.3) is 5.91 Å². The Bertz CT molecular complexity index is 1050. The number of hydrogen-bond acceptors (Lipinski definition) is 6. The number of nitrogens with zero attached hydrogens (tertiary/aromatic N) is 1. The van der Waals surface area contributed by atoms with Crippen LogP contribution in [0.1, 0.15) is 36.5 Å². The Kier molecular flexibility index (Phi) is 8.05. The number of para-hydroxylation sites is 1. The molecule has 1 atom stereocenters. The molecular formula is C24H27NO6S. The number of carbonyl (C=O) groups excluding carboxylic acids is 2. The van der Waals surface area contributed by atoms with Crippen LogP contribution in [0.2, 0.25) is 0 Å². The standard InChI is InChI=1S/C24H27NO6S/c1-2-3-7-15-30-22-12-10-19(11-13-22)24(27)31-17-23(26)25(20-8-5-4-6-9-20)21-14-16-32(28,29)18-21/h4-6,8-14,16,21H,2-3,7,15,17-18H2,1H3. The van der Waals surface area contributed by atoms with Crippen LogP contribution in [-0.4, -0.2) is 45.3 Å². The molecule has 1 aliphatic rings. The molecule has 1 unspecified atom stereocenters. The summed E-state index contributed by atoms with van der Waals surface area (Å²) in [6, 6.07) is 14.6. The monoisotopic (exact) mass is 457 g/mol. The summed E-state index contributed by atoms with van der Waals surface area (Å²) in [5.74, 6) is -0.690. The van der Waals surface area contributed by atoms with Gasteiger partial charge in [-0.15, -0.1) is 0 Å². The van der Waals surface area contributed by atoms with Gasteiger partial charge in [0.05, 0.1) is 24.0 Å². The van der Waals surface area contributed by atoms with E-state index in [0.29, 0.717) is 23.6 Å². The lowest BCUT2D eigenvalue weighted by molar-refractivity contribution is -0.121. The fourth-order valence-corrected chi connectivity index (χ4v) is 4.61. The van der Waals surface area contributed by atoms with E-state index < -0.39 is 34.4 Å². The molecule has 0 N–H and O–H groups in total. The van der Waals surface area contributed by atoms with E-state index in [2.05, 4.69) is 6.92 Å². The molecule has 0 bridgehead atoms. The van der Waals surface area contributed by atoms with Crippen molar-refractivity contribution in [1.29, 1.82) is 0 Å². The summed E-state index contributed by atoms with van der Waals surface area (Å²) < 4.78 is 34.6. The Morgan fingerprint density at radius 3 is 2.38 bits per heavy atom.